The van der Waals surface area contributed by atoms with Crippen LogP contribution in [-0.2, 0) is 6.42 Å². The maximum absolute atomic E-state index is 12.6. The zero-order valence-electron chi connectivity index (χ0n) is 9.30. The Morgan fingerprint density at radius 2 is 2.00 bits per heavy atom. The molecule has 0 fully saturated rings. The molecule has 4 nitrogen and oxygen atoms in total. The number of hydrogen-bond donors (Lipinski definition) is 1. The van der Waals surface area contributed by atoms with E-state index < -0.39 is 12.2 Å². The maximum atomic E-state index is 12.6. The van der Waals surface area contributed by atoms with Crippen molar-refractivity contribution in [2.45, 2.75) is 45.5 Å². The van der Waals surface area contributed by atoms with Crippen LogP contribution >= 0.6 is 0 Å². The van der Waals surface area contributed by atoms with Crippen LogP contribution in [0.15, 0.2) is 4.52 Å². The van der Waals surface area contributed by atoms with Crippen LogP contribution in [0.5, 0.6) is 0 Å². The van der Waals surface area contributed by atoms with Crippen LogP contribution in [0.4, 0.5) is 13.2 Å². The van der Waals surface area contributed by atoms with Crippen LogP contribution in [0.2, 0.25) is 0 Å². The highest BCUT2D eigenvalue weighted by Gasteiger charge is 2.40. The summed E-state index contributed by atoms with van der Waals surface area (Å²) >= 11 is 0. The van der Waals surface area contributed by atoms with E-state index >= 15 is 0 Å². The van der Waals surface area contributed by atoms with Gasteiger partial charge in [-0.15, -0.1) is 0 Å². The number of alkyl halides is 3. The molecule has 0 saturated heterocycles. The van der Waals surface area contributed by atoms with E-state index in [1.165, 1.54) is 0 Å². The van der Waals surface area contributed by atoms with Crippen LogP contribution < -0.4 is 5.32 Å². The Kier molecular flexibility index (Phi) is 3.90. The minimum Gasteiger partial charge on any atom is -0.339 e. The number of nitrogens with zero attached hydrogens (tertiary/aromatic N) is 2. The fourth-order valence-corrected chi connectivity index (χ4v) is 1.27. The maximum Gasteiger partial charge on any atom is 0.404 e. The van der Waals surface area contributed by atoms with Gasteiger partial charge in [0.1, 0.15) is 6.04 Å². The van der Waals surface area contributed by atoms with E-state index in [1.54, 1.807) is 20.8 Å². The average Bonchev–Trinajstić information content (AvgIpc) is 2.47. The molecule has 0 aliphatic rings. The third-order valence-electron chi connectivity index (χ3n) is 1.88. The van der Waals surface area contributed by atoms with E-state index in [-0.39, 0.29) is 18.4 Å². The summed E-state index contributed by atoms with van der Waals surface area (Å²) in [6.45, 7) is 4.86. The second-order valence-electron chi connectivity index (χ2n) is 3.86. The van der Waals surface area contributed by atoms with Gasteiger partial charge in [-0.3, -0.25) is 0 Å². The summed E-state index contributed by atoms with van der Waals surface area (Å²) in [4.78, 5) is 3.75. The van der Waals surface area contributed by atoms with Crippen molar-refractivity contribution >= 4 is 0 Å². The van der Waals surface area contributed by atoms with Gasteiger partial charge in [0.05, 0.1) is 6.42 Å². The molecular formula is C9H14F3N3O. The topological polar surface area (TPSA) is 51.0 Å². The molecule has 0 aliphatic heterocycles. The molecule has 1 N–H and O–H groups in total. The monoisotopic (exact) mass is 237 g/mol. The average molecular weight is 237 g/mol. The molecule has 0 amide bonds. The summed E-state index contributed by atoms with van der Waals surface area (Å²) in [5.74, 6) is 0.327. The van der Waals surface area contributed by atoms with E-state index in [2.05, 4.69) is 20.0 Å². The second-order valence-corrected chi connectivity index (χ2v) is 3.86. The van der Waals surface area contributed by atoms with Gasteiger partial charge in [-0.25, -0.2) is 0 Å². The normalized spacial score (nSPS) is 14.4. The smallest absolute Gasteiger partial charge is 0.339 e. The number of hydrogen-bond acceptors (Lipinski definition) is 4. The lowest BCUT2D eigenvalue weighted by molar-refractivity contribution is -0.158. The van der Waals surface area contributed by atoms with Crippen LogP contribution in [0, 0.1) is 6.92 Å². The Labute approximate surface area is 91.2 Å². The summed E-state index contributed by atoms with van der Waals surface area (Å²) in [6.07, 6.45) is -4.67. The first-order chi connectivity index (χ1) is 7.29. The highest BCUT2D eigenvalue weighted by molar-refractivity contribution is 4.90. The fraction of sp³-hybridized carbons (Fsp3) is 0.778. The lowest BCUT2D eigenvalue weighted by Gasteiger charge is -2.22. The number of aromatic nitrogens is 2. The van der Waals surface area contributed by atoms with Crippen LogP contribution in [0.1, 0.15) is 25.6 Å². The van der Waals surface area contributed by atoms with Crippen molar-refractivity contribution in [2.75, 3.05) is 0 Å². The van der Waals surface area contributed by atoms with Gasteiger partial charge < -0.3 is 9.84 Å². The minimum atomic E-state index is -4.33. The molecule has 1 aromatic rings. The Morgan fingerprint density at radius 1 is 1.38 bits per heavy atom. The van der Waals surface area contributed by atoms with Crippen molar-refractivity contribution in [1.82, 2.24) is 15.5 Å². The van der Waals surface area contributed by atoms with Gasteiger partial charge >= 0.3 is 6.18 Å². The summed E-state index contributed by atoms with van der Waals surface area (Å²) in [5, 5.41) is 5.87. The first kappa shape index (κ1) is 13.0. The van der Waals surface area contributed by atoms with Gasteiger partial charge in [0.2, 0.25) is 5.89 Å². The number of aryl methyl sites for hydroxylation is 1. The molecular weight excluding hydrogens is 223 g/mol. The molecule has 7 heteroatoms. The van der Waals surface area contributed by atoms with E-state index in [0.717, 1.165) is 0 Å². The predicted molar refractivity (Wildman–Crippen MR) is 50.9 cm³/mol. The molecule has 16 heavy (non-hydrogen) atoms. The number of halogens is 3. The summed E-state index contributed by atoms with van der Waals surface area (Å²) in [7, 11) is 0. The van der Waals surface area contributed by atoms with Gasteiger partial charge in [0.25, 0.3) is 0 Å². The second kappa shape index (κ2) is 4.82. The van der Waals surface area contributed by atoms with Crippen LogP contribution in [0.3, 0.4) is 0 Å². The summed E-state index contributed by atoms with van der Waals surface area (Å²) < 4.78 is 42.5. The molecule has 1 atom stereocenters. The zero-order valence-corrected chi connectivity index (χ0v) is 9.30. The molecule has 0 bridgehead atoms. The highest BCUT2D eigenvalue weighted by Crippen LogP contribution is 2.23. The molecule has 0 aromatic carbocycles. The highest BCUT2D eigenvalue weighted by atomic mass is 19.4. The largest absolute Gasteiger partial charge is 0.404 e. The van der Waals surface area contributed by atoms with E-state index in [1.807, 2.05) is 0 Å². The van der Waals surface area contributed by atoms with Crippen molar-refractivity contribution in [2.24, 2.45) is 0 Å². The van der Waals surface area contributed by atoms with Crippen molar-refractivity contribution in [3.8, 4) is 0 Å². The standard InChI is InChI=1S/C9H14F3N3O/c1-5(2)13-7(9(10,11)12)4-8-14-6(3)15-16-8/h5,7,13H,4H2,1-3H3. The van der Waals surface area contributed by atoms with Gasteiger partial charge in [-0.05, 0) is 6.92 Å². The van der Waals surface area contributed by atoms with Gasteiger partial charge in [-0.1, -0.05) is 19.0 Å². The molecule has 1 rings (SSSR count). The Balaban J connectivity index is 2.71. The first-order valence-electron chi connectivity index (χ1n) is 4.91. The minimum absolute atomic E-state index is 0.00650. The van der Waals surface area contributed by atoms with Crippen molar-refractivity contribution in [3.05, 3.63) is 11.7 Å². The van der Waals surface area contributed by atoms with E-state index in [0.29, 0.717) is 5.82 Å². The third-order valence-corrected chi connectivity index (χ3v) is 1.88. The SMILES string of the molecule is Cc1noc(CC(NC(C)C)C(F)(F)F)n1. The Bertz CT molecular complexity index is 335. The summed E-state index contributed by atoms with van der Waals surface area (Å²) in [6, 6.07) is -1.93. The molecule has 0 spiro atoms. The number of nitrogens with one attached hydrogen (secondary N) is 1. The lowest BCUT2D eigenvalue weighted by atomic mass is 10.1. The van der Waals surface area contributed by atoms with Crippen LogP contribution in [0.25, 0.3) is 0 Å². The number of rotatable bonds is 4. The van der Waals surface area contributed by atoms with E-state index in [9.17, 15) is 13.2 Å². The predicted octanol–water partition coefficient (Wildman–Crippen LogP) is 1.85. The Hall–Kier alpha value is -1.11. The van der Waals surface area contributed by atoms with Crippen molar-refractivity contribution in [3.63, 3.8) is 0 Å². The van der Waals surface area contributed by atoms with Crippen LogP contribution in [-0.4, -0.2) is 28.4 Å². The Morgan fingerprint density at radius 3 is 2.38 bits per heavy atom. The quantitative estimate of drug-likeness (QED) is 0.868. The van der Waals surface area contributed by atoms with Gasteiger partial charge in [0.15, 0.2) is 5.82 Å². The molecule has 0 radical (unpaired) electrons. The molecule has 0 aliphatic carbocycles. The molecule has 92 valence electrons. The molecule has 1 aromatic heterocycles. The van der Waals surface area contributed by atoms with E-state index in [4.69, 9.17) is 0 Å². The fourth-order valence-electron chi connectivity index (χ4n) is 1.27. The van der Waals surface area contributed by atoms with Gasteiger partial charge in [-0.2, -0.15) is 18.2 Å². The summed E-state index contributed by atoms with van der Waals surface area (Å²) in [5.41, 5.74) is 0. The molecule has 1 unspecified atom stereocenters. The first-order valence-corrected chi connectivity index (χ1v) is 4.91. The van der Waals surface area contributed by atoms with Gasteiger partial charge in [0, 0.05) is 6.04 Å². The third kappa shape index (κ3) is 3.80. The lowest BCUT2D eigenvalue weighted by Crippen LogP contribution is -2.47. The zero-order chi connectivity index (χ0) is 12.3. The molecule has 0 saturated carbocycles. The molecule has 1 heterocycles. The van der Waals surface area contributed by atoms with Crippen molar-refractivity contribution < 1.29 is 17.7 Å². The van der Waals surface area contributed by atoms with Crippen molar-refractivity contribution in [1.29, 1.82) is 0 Å².